The quantitative estimate of drug-likeness (QED) is 0.767. The van der Waals surface area contributed by atoms with E-state index >= 15 is 0 Å². The summed E-state index contributed by atoms with van der Waals surface area (Å²) in [6.07, 6.45) is 10.8. The van der Waals surface area contributed by atoms with Gasteiger partial charge in [0.05, 0.1) is 6.61 Å². The Morgan fingerprint density at radius 2 is 1.89 bits per heavy atom. The van der Waals surface area contributed by atoms with E-state index in [-0.39, 0.29) is 5.72 Å². The fourth-order valence-corrected chi connectivity index (χ4v) is 4.33. The third-order valence-corrected chi connectivity index (χ3v) is 5.79. The lowest BCUT2D eigenvalue weighted by atomic mass is 9.75. The van der Waals surface area contributed by atoms with Gasteiger partial charge in [-0.3, -0.25) is 5.32 Å². The first-order valence-electron chi connectivity index (χ1n) is 8.02. The van der Waals surface area contributed by atoms with Gasteiger partial charge in [0.2, 0.25) is 0 Å². The van der Waals surface area contributed by atoms with Gasteiger partial charge in [0.1, 0.15) is 5.72 Å². The molecule has 104 valence electrons. The molecule has 3 fully saturated rings. The molecule has 2 atom stereocenters. The third kappa shape index (κ3) is 2.34. The molecule has 2 heteroatoms. The van der Waals surface area contributed by atoms with E-state index in [4.69, 9.17) is 4.74 Å². The Morgan fingerprint density at radius 1 is 1.11 bits per heavy atom. The minimum atomic E-state index is 0.0427. The van der Waals surface area contributed by atoms with E-state index in [0.29, 0.717) is 5.41 Å². The number of rotatable bonds is 1. The second kappa shape index (κ2) is 4.79. The van der Waals surface area contributed by atoms with Crippen LogP contribution < -0.4 is 5.32 Å². The van der Waals surface area contributed by atoms with E-state index in [9.17, 15) is 0 Å². The molecule has 18 heavy (non-hydrogen) atoms. The van der Waals surface area contributed by atoms with Crippen LogP contribution in [0.25, 0.3) is 0 Å². The summed E-state index contributed by atoms with van der Waals surface area (Å²) in [5.41, 5.74) is 0.539. The minimum Gasteiger partial charge on any atom is -0.360 e. The molecule has 0 aromatic rings. The van der Waals surface area contributed by atoms with E-state index in [2.05, 4.69) is 19.2 Å². The van der Waals surface area contributed by atoms with Gasteiger partial charge in [-0.05, 0) is 50.4 Å². The minimum absolute atomic E-state index is 0.0427. The van der Waals surface area contributed by atoms with Crippen molar-refractivity contribution < 1.29 is 4.74 Å². The Morgan fingerprint density at radius 3 is 2.50 bits per heavy atom. The molecule has 2 unspecified atom stereocenters. The topological polar surface area (TPSA) is 21.3 Å². The van der Waals surface area contributed by atoms with Crippen molar-refractivity contribution in [3.05, 3.63) is 0 Å². The molecule has 0 amide bonds. The van der Waals surface area contributed by atoms with Crippen LogP contribution in [0.3, 0.4) is 0 Å². The molecule has 2 saturated carbocycles. The molecule has 1 aliphatic heterocycles. The van der Waals surface area contributed by atoms with Gasteiger partial charge in [-0.1, -0.05) is 26.7 Å². The molecule has 0 bridgehead atoms. The number of ether oxygens (including phenoxy) is 1. The molecule has 1 saturated heterocycles. The van der Waals surface area contributed by atoms with Crippen molar-refractivity contribution in [3.8, 4) is 0 Å². The SMILES string of the molecule is CC(C)C1CCCC2(C1)NCC1(CCCC1)CO2. The average molecular weight is 251 g/mol. The van der Waals surface area contributed by atoms with E-state index in [1.165, 1.54) is 57.9 Å². The maximum atomic E-state index is 6.41. The second-order valence-corrected chi connectivity index (χ2v) is 7.44. The maximum Gasteiger partial charge on any atom is 0.119 e. The summed E-state index contributed by atoms with van der Waals surface area (Å²) in [4.78, 5) is 0. The van der Waals surface area contributed by atoms with Gasteiger partial charge in [-0.15, -0.1) is 0 Å². The largest absolute Gasteiger partial charge is 0.360 e. The molecule has 1 N–H and O–H groups in total. The molecule has 0 aromatic carbocycles. The number of nitrogens with one attached hydrogen (secondary N) is 1. The fourth-order valence-electron chi connectivity index (χ4n) is 4.33. The summed E-state index contributed by atoms with van der Waals surface area (Å²) in [6, 6.07) is 0. The third-order valence-electron chi connectivity index (χ3n) is 5.79. The summed E-state index contributed by atoms with van der Waals surface area (Å²) in [5, 5.41) is 3.83. The van der Waals surface area contributed by atoms with Crippen molar-refractivity contribution in [1.29, 1.82) is 0 Å². The van der Waals surface area contributed by atoms with Gasteiger partial charge in [-0.25, -0.2) is 0 Å². The lowest BCUT2D eigenvalue weighted by Gasteiger charge is -2.50. The van der Waals surface area contributed by atoms with Crippen molar-refractivity contribution in [3.63, 3.8) is 0 Å². The Labute approximate surface area is 112 Å². The highest BCUT2D eigenvalue weighted by Gasteiger charge is 2.46. The van der Waals surface area contributed by atoms with Crippen LogP contribution in [-0.4, -0.2) is 18.9 Å². The summed E-state index contributed by atoms with van der Waals surface area (Å²) in [6.45, 7) is 6.96. The summed E-state index contributed by atoms with van der Waals surface area (Å²) < 4.78 is 6.41. The van der Waals surface area contributed by atoms with E-state index < -0.39 is 0 Å². The monoisotopic (exact) mass is 251 g/mol. The van der Waals surface area contributed by atoms with Gasteiger partial charge in [0.25, 0.3) is 0 Å². The van der Waals surface area contributed by atoms with Gasteiger partial charge in [0.15, 0.2) is 0 Å². The standard InChI is InChI=1S/C16H29NO/c1-13(2)14-6-5-9-16(10-14)17-11-15(12-18-16)7-3-4-8-15/h13-14,17H,3-12H2,1-2H3. The summed E-state index contributed by atoms with van der Waals surface area (Å²) in [7, 11) is 0. The first-order chi connectivity index (χ1) is 8.63. The Kier molecular flexibility index (Phi) is 3.44. The van der Waals surface area contributed by atoms with Crippen LogP contribution in [0.5, 0.6) is 0 Å². The zero-order valence-electron chi connectivity index (χ0n) is 12.1. The van der Waals surface area contributed by atoms with E-state index in [1.807, 2.05) is 0 Å². The number of hydrogen-bond donors (Lipinski definition) is 1. The van der Waals surface area contributed by atoms with Crippen molar-refractivity contribution in [2.24, 2.45) is 17.3 Å². The molecule has 3 rings (SSSR count). The fraction of sp³-hybridized carbons (Fsp3) is 1.00. The zero-order valence-corrected chi connectivity index (χ0v) is 12.1. The van der Waals surface area contributed by atoms with Gasteiger partial charge < -0.3 is 4.74 Å². The lowest BCUT2D eigenvalue weighted by molar-refractivity contribution is -0.170. The Hall–Kier alpha value is -0.0800. The van der Waals surface area contributed by atoms with Crippen molar-refractivity contribution in [2.75, 3.05) is 13.2 Å². The molecule has 1 heterocycles. The zero-order chi connectivity index (χ0) is 12.6. The predicted octanol–water partition coefficient (Wildman–Crippen LogP) is 3.71. The summed E-state index contributed by atoms with van der Waals surface area (Å²) >= 11 is 0. The summed E-state index contributed by atoms with van der Waals surface area (Å²) in [5.74, 6) is 1.65. The van der Waals surface area contributed by atoms with Crippen LogP contribution in [0, 0.1) is 17.3 Å². The predicted molar refractivity (Wildman–Crippen MR) is 74.4 cm³/mol. The highest BCUT2D eigenvalue weighted by atomic mass is 16.5. The lowest BCUT2D eigenvalue weighted by Crippen LogP contribution is -2.60. The first-order valence-corrected chi connectivity index (χ1v) is 8.02. The maximum absolute atomic E-state index is 6.41. The highest BCUT2D eigenvalue weighted by molar-refractivity contribution is 4.97. The van der Waals surface area contributed by atoms with Crippen LogP contribution in [0.15, 0.2) is 0 Å². The average Bonchev–Trinajstić information content (AvgIpc) is 2.83. The molecular weight excluding hydrogens is 222 g/mol. The molecule has 2 nitrogen and oxygen atoms in total. The van der Waals surface area contributed by atoms with Crippen LogP contribution in [0.2, 0.25) is 0 Å². The second-order valence-electron chi connectivity index (χ2n) is 7.44. The molecule has 3 aliphatic rings. The van der Waals surface area contributed by atoms with Gasteiger partial charge >= 0.3 is 0 Å². The molecule has 2 aliphatic carbocycles. The van der Waals surface area contributed by atoms with Gasteiger partial charge in [-0.2, -0.15) is 0 Å². The Bertz CT molecular complexity index is 283. The molecular formula is C16H29NO. The normalized spacial score (nSPS) is 39.8. The molecule has 0 aromatic heterocycles. The van der Waals surface area contributed by atoms with Crippen LogP contribution >= 0.6 is 0 Å². The van der Waals surface area contributed by atoms with Crippen molar-refractivity contribution >= 4 is 0 Å². The Balaban J connectivity index is 1.63. The van der Waals surface area contributed by atoms with E-state index in [0.717, 1.165) is 18.4 Å². The molecule has 2 spiro atoms. The van der Waals surface area contributed by atoms with Crippen LogP contribution in [0.1, 0.15) is 65.2 Å². The van der Waals surface area contributed by atoms with Crippen molar-refractivity contribution in [1.82, 2.24) is 5.32 Å². The van der Waals surface area contributed by atoms with E-state index in [1.54, 1.807) is 0 Å². The van der Waals surface area contributed by atoms with Crippen LogP contribution in [0.4, 0.5) is 0 Å². The highest BCUT2D eigenvalue weighted by Crippen LogP contribution is 2.45. The van der Waals surface area contributed by atoms with Crippen LogP contribution in [-0.2, 0) is 4.74 Å². The first kappa shape index (κ1) is 12.9. The number of hydrogen-bond acceptors (Lipinski definition) is 2. The van der Waals surface area contributed by atoms with Crippen molar-refractivity contribution in [2.45, 2.75) is 70.9 Å². The van der Waals surface area contributed by atoms with Gasteiger partial charge in [0, 0.05) is 12.0 Å². The molecule has 0 radical (unpaired) electrons. The smallest absolute Gasteiger partial charge is 0.119 e.